The molecule has 0 saturated carbocycles. The molecule has 6 heteroatoms. The average molecular weight is 184 g/mol. The Bertz CT molecular complexity index is 294. The van der Waals surface area contributed by atoms with Crippen LogP contribution in [0, 0.1) is 6.92 Å². The van der Waals surface area contributed by atoms with Crippen LogP contribution in [0.25, 0.3) is 0 Å². The van der Waals surface area contributed by atoms with Gasteiger partial charge in [-0.3, -0.25) is 4.79 Å². The topological polar surface area (TPSA) is 94.0 Å². The Morgan fingerprint density at radius 1 is 1.77 bits per heavy atom. The minimum Gasteiger partial charge on any atom is -0.347 e. The molecular weight excluding hydrogens is 172 g/mol. The lowest BCUT2D eigenvalue weighted by Crippen LogP contribution is -2.38. The van der Waals surface area contributed by atoms with Crippen LogP contribution < -0.4 is 11.1 Å². The number of nitrogens with zero attached hydrogens (tertiary/aromatic N) is 2. The van der Waals surface area contributed by atoms with Gasteiger partial charge < -0.3 is 15.6 Å². The maximum absolute atomic E-state index is 11.0. The molecule has 6 nitrogen and oxygen atoms in total. The van der Waals surface area contributed by atoms with Gasteiger partial charge in [-0.2, -0.15) is 4.98 Å². The number of carbonyl (C=O) groups is 1. The molecule has 0 radical (unpaired) electrons. The number of rotatable bonds is 3. The van der Waals surface area contributed by atoms with E-state index in [1.54, 1.807) is 13.8 Å². The first-order valence-electron chi connectivity index (χ1n) is 3.92. The molecule has 0 bridgehead atoms. The molecule has 1 rings (SSSR count). The molecule has 0 aliphatic rings. The second-order valence-electron chi connectivity index (χ2n) is 2.74. The van der Waals surface area contributed by atoms with E-state index in [4.69, 9.17) is 10.3 Å². The van der Waals surface area contributed by atoms with Gasteiger partial charge in [0.2, 0.25) is 11.8 Å². The third-order valence-corrected chi connectivity index (χ3v) is 1.40. The highest BCUT2D eigenvalue weighted by Gasteiger charge is 2.08. The molecule has 0 aliphatic carbocycles. The van der Waals surface area contributed by atoms with Gasteiger partial charge in [-0.15, -0.1) is 0 Å². The van der Waals surface area contributed by atoms with Crippen LogP contribution in [0.5, 0.6) is 0 Å². The Labute approximate surface area is 75.5 Å². The zero-order valence-corrected chi connectivity index (χ0v) is 7.57. The second kappa shape index (κ2) is 3.99. The predicted molar refractivity (Wildman–Crippen MR) is 44.5 cm³/mol. The van der Waals surface area contributed by atoms with Crippen molar-refractivity contribution in [3.8, 4) is 0 Å². The summed E-state index contributed by atoms with van der Waals surface area (Å²) in [5.41, 5.74) is 5.33. The number of nitrogens with one attached hydrogen (secondary N) is 1. The third-order valence-electron chi connectivity index (χ3n) is 1.40. The normalized spacial score (nSPS) is 12.5. The van der Waals surface area contributed by atoms with Crippen molar-refractivity contribution in [3.63, 3.8) is 0 Å². The van der Waals surface area contributed by atoms with Crippen LogP contribution in [0.2, 0.25) is 0 Å². The highest BCUT2D eigenvalue weighted by Crippen LogP contribution is 1.93. The zero-order chi connectivity index (χ0) is 9.84. The van der Waals surface area contributed by atoms with E-state index in [9.17, 15) is 4.79 Å². The summed E-state index contributed by atoms with van der Waals surface area (Å²) in [6, 6.07) is -0.520. The van der Waals surface area contributed by atoms with Crippen LogP contribution in [-0.2, 0) is 11.3 Å². The highest BCUT2D eigenvalue weighted by molar-refractivity contribution is 5.80. The first-order valence-corrected chi connectivity index (χ1v) is 3.92. The Kier molecular flexibility index (Phi) is 2.97. The summed E-state index contributed by atoms with van der Waals surface area (Å²) in [6.45, 7) is 3.54. The summed E-state index contributed by atoms with van der Waals surface area (Å²) in [7, 11) is 0. The minimum atomic E-state index is -0.520. The lowest BCUT2D eigenvalue weighted by molar-refractivity contribution is -0.122. The molecule has 0 fully saturated rings. The standard InChI is InChI=1S/C7H12N4O2/c1-4(8)7(12)9-3-6-10-5(2)13-11-6/h4H,3,8H2,1-2H3,(H,9,12)/t4-/m0/s1. The molecule has 3 N–H and O–H groups in total. The molecule has 1 amide bonds. The lowest BCUT2D eigenvalue weighted by Gasteiger charge is -2.03. The van der Waals surface area contributed by atoms with Crippen LogP contribution in [0.4, 0.5) is 0 Å². The van der Waals surface area contributed by atoms with Gasteiger partial charge in [-0.1, -0.05) is 5.16 Å². The van der Waals surface area contributed by atoms with Gasteiger partial charge in [0.25, 0.3) is 0 Å². The molecule has 72 valence electrons. The van der Waals surface area contributed by atoms with Crippen LogP contribution in [-0.4, -0.2) is 22.1 Å². The van der Waals surface area contributed by atoms with E-state index in [1.165, 1.54) is 0 Å². The lowest BCUT2D eigenvalue weighted by atomic mass is 10.3. The minimum absolute atomic E-state index is 0.234. The molecule has 0 saturated heterocycles. The van der Waals surface area contributed by atoms with Gasteiger partial charge in [0.05, 0.1) is 12.6 Å². The van der Waals surface area contributed by atoms with Crippen molar-refractivity contribution in [2.24, 2.45) is 5.73 Å². The van der Waals surface area contributed by atoms with E-state index >= 15 is 0 Å². The summed E-state index contributed by atoms with van der Waals surface area (Å²) in [5, 5.41) is 6.17. The summed E-state index contributed by atoms with van der Waals surface area (Å²) >= 11 is 0. The van der Waals surface area contributed by atoms with Crippen molar-refractivity contribution in [2.75, 3.05) is 0 Å². The fourth-order valence-electron chi connectivity index (χ4n) is 0.740. The fraction of sp³-hybridized carbons (Fsp3) is 0.571. The quantitative estimate of drug-likeness (QED) is 0.650. The Hall–Kier alpha value is -1.43. The number of hydrogen-bond donors (Lipinski definition) is 2. The Morgan fingerprint density at radius 2 is 2.46 bits per heavy atom. The van der Waals surface area contributed by atoms with Crippen molar-refractivity contribution in [1.82, 2.24) is 15.5 Å². The largest absolute Gasteiger partial charge is 0.347 e. The second-order valence-corrected chi connectivity index (χ2v) is 2.74. The summed E-state index contributed by atoms with van der Waals surface area (Å²) in [5.74, 6) is 0.694. The first kappa shape index (κ1) is 9.66. The average Bonchev–Trinajstić information content (AvgIpc) is 2.47. The van der Waals surface area contributed by atoms with Gasteiger partial charge in [0.1, 0.15) is 0 Å². The van der Waals surface area contributed by atoms with E-state index in [-0.39, 0.29) is 12.5 Å². The van der Waals surface area contributed by atoms with Gasteiger partial charge >= 0.3 is 0 Å². The predicted octanol–water partition coefficient (Wildman–Crippen LogP) is -0.659. The highest BCUT2D eigenvalue weighted by atomic mass is 16.5. The van der Waals surface area contributed by atoms with Crippen molar-refractivity contribution >= 4 is 5.91 Å². The smallest absolute Gasteiger partial charge is 0.237 e. The van der Waals surface area contributed by atoms with Crippen LogP contribution in [0.3, 0.4) is 0 Å². The zero-order valence-electron chi connectivity index (χ0n) is 7.57. The van der Waals surface area contributed by atoms with Crippen molar-refractivity contribution in [1.29, 1.82) is 0 Å². The number of carbonyl (C=O) groups excluding carboxylic acids is 1. The van der Waals surface area contributed by atoms with Crippen molar-refractivity contribution < 1.29 is 9.32 Å². The summed E-state index contributed by atoms with van der Waals surface area (Å²) < 4.78 is 4.71. The molecule has 13 heavy (non-hydrogen) atoms. The number of aromatic nitrogens is 2. The molecular formula is C7H12N4O2. The molecule has 0 aliphatic heterocycles. The van der Waals surface area contributed by atoms with Gasteiger partial charge in [-0.25, -0.2) is 0 Å². The summed E-state index contributed by atoms with van der Waals surface area (Å²) in [6.07, 6.45) is 0. The number of nitrogens with two attached hydrogens (primary N) is 1. The molecule has 1 aromatic rings. The van der Waals surface area contributed by atoms with E-state index in [0.29, 0.717) is 11.7 Å². The van der Waals surface area contributed by atoms with Gasteiger partial charge in [-0.05, 0) is 6.92 Å². The van der Waals surface area contributed by atoms with E-state index < -0.39 is 6.04 Å². The molecule has 1 atom stereocenters. The molecule has 0 spiro atoms. The van der Waals surface area contributed by atoms with Crippen LogP contribution in [0.1, 0.15) is 18.6 Å². The van der Waals surface area contributed by atoms with Gasteiger partial charge in [0.15, 0.2) is 5.82 Å². The molecule has 0 aromatic carbocycles. The van der Waals surface area contributed by atoms with E-state index in [0.717, 1.165) is 0 Å². The van der Waals surface area contributed by atoms with E-state index in [1.807, 2.05) is 0 Å². The molecule has 1 aromatic heterocycles. The Morgan fingerprint density at radius 3 is 2.92 bits per heavy atom. The third kappa shape index (κ3) is 2.83. The Balaban J connectivity index is 2.39. The number of hydrogen-bond acceptors (Lipinski definition) is 5. The number of aryl methyl sites for hydroxylation is 1. The molecule has 1 heterocycles. The van der Waals surface area contributed by atoms with Crippen molar-refractivity contribution in [3.05, 3.63) is 11.7 Å². The van der Waals surface area contributed by atoms with Crippen molar-refractivity contribution in [2.45, 2.75) is 26.4 Å². The van der Waals surface area contributed by atoms with E-state index in [2.05, 4.69) is 15.5 Å². The fourth-order valence-corrected chi connectivity index (χ4v) is 0.740. The maximum Gasteiger partial charge on any atom is 0.237 e. The number of amides is 1. The maximum atomic E-state index is 11.0. The van der Waals surface area contributed by atoms with Crippen LogP contribution in [0.15, 0.2) is 4.52 Å². The SMILES string of the molecule is Cc1nc(CNC(=O)[C@H](C)N)no1. The monoisotopic (exact) mass is 184 g/mol. The van der Waals surface area contributed by atoms with Gasteiger partial charge in [0, 0.05) is 6.92 Å². The van der Waals surface area contributed by atoms with Crippen LogP contribution >= 0.6 is 0 Å². The molecule has 0 unspecified atom stereocenters. The first-order chi connectivity index (χ1) is 6.09. The summed E-state index contributed by atoms with van der Waals surface area (Å²) in [4.78, 5) is 14.9.